The van der Waals surface area contributed by atoms with Gasteiger partial charge in [0.05, 0.1) is 11.6 Å². The van der Waals surface area contributed by atoms with Crippen molar-refractivity contribution in [1.29, 1.82) is 5.26 Å². The number of hydrogen-bond acceptors (Lipinski definition) is 3. The van der Waals surface area contributed by atoms with E-state index in [1.54, 1.807) is 18.2 Å². The quantitative estimate of drug-likeness (QED) is 0.748. The zero-order chi connectivity index (χ0) is 17.2. The lowest BCUT2D eigenvalue weighted by molar-refractivity contribution is -0.111. The van der Waals surface area contributed by atoms with Gasteiger partial charge in [0.25, 0.3) is 0 Å². The van der Waals surface area contributed by atoms with Gasteiger partial charge in [0.2, 0.25) is 0 Å². The Labute approximate surface area is 137 Å². The van der Waals surface area contributed by atoms with E-state index in [0.717, 1.165) is 5.56 Å². The molecule has 0 atom stereocenters. The number of nitrogens with zero attached hydrogens (tertiary/aromatic N) is 1. The van der Waals surface area contributed by atoms with Gasteiger partial charge in [0.1, 0.15) is 12.4 Å². The predicted molar refractivity (Wildman–Crippen MR) is 93.0 cm³/mol. The summed E-state index contributed by atoms with van der Waals surface area (Å²) in [5, 5.41) is 8.98. The van der Waals surface area contributed by atoms with Crippen molar-refractivity contribution in [1.82, 2.24) is 0 Å². The zero-order valence-corrected chi connectivity index (χ0v) is 13.8. The van der Waals surface area contributed by atoms with E-state index in [2.05, 4.69) is 12.6 Å². The molecule has 0 saturated carbocycles. The minimum atomic E-state index is -0.144. The van der Waals surface area contributed by atoms with E-state index in [1.807, 2.05) is 44.2 Å². The van der Waals surface area contributed by atoms with Gasteiger partial charge in [0.15, 0.2) is 5.78 Å². The van der Waals surface area contributed by atoms with Crippen LogP contribution in [-0.2, 0) is 11.4 Å². The number of carbonyl (C=O) groups is 1. The summed E-state index contributed by atoms with van der Waals surface area (Å²) in [7, 11) is 0. The van der Waals surface area contributed by atoms with Gasteiger partial charge >= 0.3 is 0 Å². The molecule has 0 aliphatic heterocycles. The average molecular weight is 307 g/mol. The number of hydrogen-bond donors (Lipinski definition) is 0. The van der Waals surface area contributed by atoms with E-state index < -0.39 is 0 Å². The molecule has 3 heteroatoms. The summed E-state index contributed by atoms with van der Waals surface area (Å²) in [6, 6.07) is 16.8. The topological polar surface area (TPSA) is 50.1 Å². The molecule has 0 spiro atoms. The highest BCUT2D eigenvalue weighted by atomic mass is 16.5. The van der Waals surface area contributed by atoms with Gasteiger partial charge in [-0.2, -0.15) is 5.26 Å². The minimum absolute atomic E-state index is 0.144. The van der Waals surface area contributed by atoms with Gasteiger partial charge in [-0.25, -0.2) is 0 Å². The van der Waals surface area contributed by atoms with Crippen LogP contribution >= 0.6 is 0 Å². The largest absolute Gasteiger partial charge is 0.488 e. The molecule has 3 nitrogen and oxygen atoms in total. The van der Waals surface area contributed by atoms with E-state index in [0.29, 0.717) is 29.1 Å². The molecule has 0 saturated heterocycles. The molecule has 0 radical (unpaired) electrons. The fraction of sp³-hybridized carbons (Fsp3) is 0.200. The highest BCUT2D eigenvalue weighted by molar-refractivity contribution is 6.19. The second-order valence-electron chi connectivity index (χ2n) is 4.63. The maximum atomic E-state index is 11.5. The van der Waals surface area contributed by atoms with Crippen molar-refractivity contribution in [3.05, 3.63) is 71.8 Å². The number of allylic oxidation sites excluding steroid dienone is 1. The number of ether oxygens (including phenoxy) is 1. The molecule has 0 unspecified atom stereocenters. The van der Waals surface area contributed by atoms with Crippen molar-refractivity contribution in [2.24, 2.45) is 0 Å². The predicted octanol–water partition coefficient (Wildman–Crippen LogP) is 4.77. The molecule has 0 amide bonds. The maximum absolute atomic E-state index is 11.5. The Morgan fingerprint density at radius 3 is 2.39 bits per heavy atom. The third kappa shape index (κ3) is 5.12. The van der Waals surface area contributed by atoms with Crippen molar-refractivity contribution in [2.45, 2.75) is 27.4 Å². The Morgan fingerprint density at radius 2 is 1.83 bits per heavy atom. The van der Waals surface area contributed by atoms with Gasteiger partial charge < -0.3 is 4.74 Å². The average Bonchev–Trinajstić information content (AvgIpc) is 2.61. The van der Waals surface area contributed by atoms with Crippen LogP contribution in [-0.4, -0.2) is 5.78 Å². The summed E-state index contributed by atoms with van der Waals surface area (Å²) in [6.45, 7) is 9.62. The van der Waals surface area contributed by atoms with Crippen molar-refractivity contribution >= 4 is 11.4 Å². The molecule has 0 bridgehead atoms. The van der Waals surface area contributed by atoms with Crippen LogP contribution in [0.5, 0.6) is 5.75 Å². The number of ketones is 1. The Bertz CT molecular complexity index is 712. The molecule has 2 rings (SSSR count). The lowest BCUT2D eigenvalue weighted by Gasteiger charge is -2.12. The summed E-state index contributed by atoms with van der Waals surface area (Å²) in [5.41, 5.74) is 2.41. The van der Waals surface area contributed by atoms with Crippen molar-refractivity contribution in [2.75, 3.05) is 0 Å². The van der Waals surface area contributed by atoms with E-state index in [9.17, 15) is 4.79 Å². The molecule has 2 aromatic rings. The lowest BCUT2D eigenvalue weighted by atomic mass is 10.0. The Hall–Kier alpha value is -2.86. The summed E-state index contributed by atoms with van der Waals surface area (Å²) >= 11 is 0. The standard InChI is InChI=1S/C18H15NO2.C2H6/c1-13(14(2)20)17-10-16(11-19)8-9-18(17)21-12-15-6-4-3-5-7-15;1-2/h3-10H,1,12H2,2H3;1-2H3. The van der Waals surface area contributed by atoms with Crippen LogP contribution in [0.25, 0.3) is 5.57 Å². The van der Waals surface area contributed by atoms with Crippen molar-refractivity contribution in [3.63, 3.8) is 0 Å². The Morgan fingerprint density at radius 1 is 1.17 bits per heavy atom. The lowest BCUT2D eigenvalue weighted by Crippen LogP contribution is -2.02. The SMILES string of the molecule is C=C(C(C)=O)c1cc(C#N)ccc1OCc1ccccc1.CC. The van der Waals surface area contributed by atoms with E-state index in [-0.39, 0.29) is 5.78 Å². The summed E-state index contributed by atoms with van der Waals surface area (Å²) in [5.74, 6) is 0.410. The van der Waals surface area contributed by atoms with Gasteiger partial charge in [-0.1, -0.05) is 50.8 Å². The first kappa shape index (κ1) is 18.2. The van der Waals surface area contributed by atoms with Crippen molar-refractivity contribution in [3.8, 4) is 11.8 Å². The van der Waals surface area contributed by atoms with Crippen LogP contribution in [0, 0.1) is 11.3 Å². The molecule has 0 fully saturated rings. The molecular weight excluding hydrogens is 286 g/mol. The fourth-order valence-corrected chi connectivity index (χ4v) is 1.89. The Kier molecular flexibility index (Phi) is 7.29. The molecule has 0 aliphatic rings. The van der Waals surface area contributed by atoms with Gasteiger partial charge in [0, 0.05) is 11.1 Å². The van der Waals surface area contributed by atoms with E-state index in [1.165, 1.54) is 6.92 Å². The van der Waals surface area contributed by atoms with Crippen LogP contribution in [0.2, 0.25) is 0 Å². The van der Waals surface area contributed by atoms with E-state index >= 15 is 0 Å². The monoisotopic (exact) mass is 307 g/mol. The molecular formula is C20H21NO2. The van der Waals surface area contributed by atoms with Crippen LogP contribution in [0.1, 0.15) is 37.5 Å². The summed E-state index contributed by atoms with van der Waals surface area (Å²) < 4.78 is 5.77. The Balaban J connectivity index is 0.00000127. The van der Waals surface area contributed by atoms with E-state index in [4.69, 9.17) is 10.00 Å². The summed E-state index contributed by atoms with van der Waals surface area (Å²) in [4.78, 5) is 11.5. The molecule has 0 heterocycles. The number of rotatable bonds is 5. The third-order valence-corrected chi connectivity index (χ3v) is 3.10. The number of nitriles is 1. The van der Waals surface area contributed by atoms with Gasteiger partial charge in [-0.15, -0.1) is 0 Å². The molecule has 118 valence electrons. The number of carbonyl (C=O) groups excluding carboxylic acids is 1. The highest BCUT2D eigenvalue weighted by Crippen LogP contribution is 2.27. The maximum Gasteiger partial charge on any atom is 0.159 e. The van der Waals surface area contributed by atoms with Crippen LogP contribution in [0.4, 0.5) is 0 Å². The molecule has 23 heavy (non-hydrogen) atoms. The number of Topliss-reactive ketones (excluding diaryl/α,β-unsaturated/α-hetero) is 1. The smallest absolute Gasteiger partial charge is 0.159 e. The van der Waals surface area contributed by atoms with Crippen LogP contribution in [0.3, 0.4) is 0 Å². The third-order valence-electron chi connectivity index (χ3n) is 3.10. The fourth-order valence-electron chi connectivity index (χ4n) is 1.89. The van der Waals surface area contributed by atoms with Crippen LogP contribution < -0.4 is 4.74 Å². The molecule has 0 aliphatic carbocycles. The molecule has 0 aromatic heterocycles. The van der Waals surface area contributed by atoms with Crippen molar-refractivity contribution < 1.29 is 9.53 Å². The second kappa shape index (κ2) is 9.22. The first-order valence-corrected chi connectivity index (χ1v) is 7.53. The second-order valence-corrected chi connectivity index (χ2v) is 4.63. The van der Waals surface area contributed by atoms with Crippen LogP contribution in [0.15, 0.2) is 55.1 Å². The molecule has 0 N–H and O–H groups in total. The summed E-state index contributed by atoms with van der Waals surface area (Å²) in [6.07, 6.45) is 0. The first-order chi connectivity index (χ1) is 11.1. The van der Waals surface area contributed by atoms with Gasteiger partial charge in [-0.05, 0) is 30.7 Å². The first-order valence-electron chi connectivity index (χ1n) is 7.53. The zero-order valence-electron chi connectivity index (χ0n) is 13.8. The number of benzene rings is 2. The highest BCUT2D eigenvalue weighted by Gasteiger charge is 2.12. The molecule has 2 aromatic carbocycles. The normalized spacial score (nSPS) is 9.13. The van der Waals surface area contributed by atoms with Gasteiger partial charge in [-0.3, -0.25) is 4.79 Å². The minimum Gasteiger partial charge on any atom is -0.488 e.